The molecule has 2 N–H and O–H groups in total. The van der Waals surface area contributed by atoms with E-state index in [1.807, 2.05) is 0 Å². The predicted molar refractivity (Wildman–Crippen MR) is 51.4 cm³/mol. The smallest absolute Gasteiger partial charge is 0.258 e. The Balaban J connectivity index is 2.83. The topological polar surface area (TPSA) is 83.0 Å². The second kappa shape index (κ2) is 3.32. The number of hydrogen-bond donors (Lipinski definition) is 2. The molecule has 0 spiro atoms. The van der Waals surface area contributed by atoms with Gasteiger partial charge in [0.15, 0.2) is 11.1 Å². The summed E-state index contributed by atoms with van der Waals surface area (Å²) in [6, 6.07) is 4.36. The monoisotopic (exact) mass is 210 g/mol. The number of H-pyrrole nitrogens is 1. The van der Waals surface area contributed by atoms with Gasteiger partial charge in [0, 0.05) is 0 Å². The molecule has 0 radical (unpaired) electrons. The highest BCUT2D eigenvalue weighted by atomic mass is 32.2. The lowest BCUT2D eigenvalue weighted by molar-refractivity contribution is 0.564. The molecule has 1 unspecified atom stereocenters. The van der Waals surface area contributed by atoms with Crippen LogP contribution in [0.3, 0.4) is 0 Å². The molecule has 6 heteroatoms. The average Bonchev–Trinajstić information content (AvgIpc) is 2.18. The van der Waals surface area contributed by atoms with Crippen LogP contribution in [0, 0.1) is 0 Å². The molecule has 0 amide bonds. The summed E-state index contributed by atoms with van der Waals surface area (Å²) in [5.41, 5.74) is 0.185. The van der Waals surface area contributed by atoms with E-state index < -0.39 is 11.1 Å². The van der Waals surface area contributed by atoms with Crippen molar-refractivity contribution in [3.05, 3.63) is 34.9 Å². The van der Waals surface area contributed by atoms with Crippen molar-refractivity contribution in [3.63, 3.8) is 0 Å². The zero-order valence-corrected chi connectivity index (χ0v) is 7.75. The van der Waals surface area contributed by atoms with Crippen LogP contribution in [0.15, 0.2) is 34.2 Å². The van der Waals surface area contributed by atoms with Crippen LogP contribution < -0.4 is 5.56 Å². The molecule has 0 saturated heterocycles. The first-order valence-corrected chi connectivity index (χ1v) is 4.87. The quantitative estimate of drug-likeness (QED) is 0.671. The zero-order chi connectivity index (χ0) is 10.1. The summed E-state index contributed by atoms with van der Waals surface area (Å²) in [4.78, 5) is 17.8. The Labute approximate surface area is 81.1 Å². The molecule has 0 aliphatic rings. The van der Waals surface area contributed by atoms with E-state index in [-0.39, 0.29) is 10.5 Å². The second-order valence-corrected chi connectivity index (χ2v) is 3.63. The lowest BCUT2D eigenvalue weighted by Gasteiger charge is -1.97. The first kappa shape index (κ1) is 9.04. The molecule has 72 valence electrons. The first-order chi connectivity index (χ1) is 6.68. The van der Waals surface area contributed by atoms with Crippen LogP contribution in [-0.2, 0) is 11.1 Å². The number of aromatic nitrogens is 2. The molecule has 2 aromatic rings. The van der Waals surface area contributed by atoms with E-state index in [4.69, 9.17) is 4.55 Å². The van der Waals surface area contributed by atoms with Gasteiger partial charge < -0.3 is 9.54 Å². The van der Waals surface area contributed by atoms with E-state index >= 15 is 0 Å². The molecule has 0 aliphatic heterocycles. The van der Waals surface area contributed by atoms with E-state index in [1.165, 1.54) is 24.5 Å². The van der Waals surface area contributed by atoms with Gasteiger partial charge in [-0.2, -0.15) is 0 Å². The second-order valence-electron chi connectivity index (χ2n) is 2.66. The molecule has 0 aliphatic carbocycles. The third-order valence-electron chi connectivity index (χ3n) is 1.81. The highest BCUT2D eigenvalue weighted by Crippen LogP contribution is 2.11. The highest BCUT2D eigenvalue weighted by Gasteiger charge is 2.04. The first-order valence-electron chi connectivity index (χ1n) is 3.77. The van der Waals surface area contributed by atoms with Gasteiger partial charge in [0.1, 0.15) is 0 Å². The van der Waals surface area contributed by atoms with Crippen molar-refractivity contribution in [2.45, 2.75) is 4.90 Å². The number of rotatable bonds is 1. The van der Waals surface area contributed by atoms with E-state index in [1.54, 1.807) is 0 Å². The molecule has 0 bridgehead atoms. The molecule has 5 nitrogen and oxygen atoms in total. The fourth-order valence-electron chi connectivity index (χ4n) is 1.16. The van der Waals surface area contributed by atoms with E-state index in [0.717, 1.165) is 0 Å². The standard InChI is InChI=1S/C8H6N2O3S/c11-8-6-3-5(14(12)13)1-2-7(6)9-4-10-8/h1-4H,(H,12,13)(H,9,10,11). The number of nitrogens with one attached hydrogen (secondary N) is 1. The Hall–Kier alpha value is -1.53. The maximum absolute atomic E-state index is 11.3. The van der Waals surface area contributed by atoms with E-state index in [0.29, 0.717) is 10.9 Å². The molecular weight excluding hydrogens is 204 g/mol. The molecule has 1 atom stereocenters. The molecule has 1 aromatic heterocycles. The lowest BCUT2D eigenvalue weighted by atomic mass is 10.2. The summed E-state index contributed by atoms with van der Waals surface area (Å²) in [6.45, 7) is 0. The van der Waals surface area contributed by atoms with Crippen molar-refractivity contribution >= 4 is 22.0 Å². The Bertz CT molecular complexity index is 564. The van der Waals surface area contributed by atoms with Crippen molar-refractivity contribution in [1.29, 1.82) is 0 Å². The number of hydrogen-bond acceptors (Lipinski definition) is 3. The molecule has 1 aromatic carbocycles. The van der Waals surface area contributed by atoms with Gasteiger partial charge in [-0.1, -0.05) is 0 Å². The Morgan fingerprint density at radius 2 is 2.21 bits per heavy atom. The van der Waals surface area contributed by atoms with Gasteiger partial charge >= 0.3 is 0 Å². The van der Waals surface area contributed by atoms with Gasteiger partial charge in [0.25, 0.3) is 5.56 Å². The number of fused-ring (bicyclic) bond motifs is 1. The van der Waals surface area contributed by atoms with Crippen LogP contribution in [0.1, 0.15) is 0 Å². The number of aromatic amines is 1. The summed E-state index contributed by atoms with van der Waals surface area (Å²) in [6.07, 6.45) is 1.29. The molecule has 0 fully saturated rings. The number of benzene rings is 1. The summed E-state index contributed by atoms with van der Waals surface area (Å²) < 4.78 is 19.5. The summed E-state index contributed by atoms with van der Waals surface area (Å²) in [5.74, 6) is 0. The van der Waals surface area contributed by atoms with Gasteiger partial charge in [0.05, 0.1) is 22.1 Å². The van der Waals surface area contributed by atoms with Crippen molar-refractivity contribution in [2.24, 2.45) is 0 Å². The third-order valence-corrected chi connectivity index (χ3v) is 2.47. The summed E-state index contributed by atoms with van der Waals surface area (Å²) in [5, 5.41) is 0.312. The summed E-state index contributed by atoms with van der Waals surface area (Å²) >= 11 is -2.07. The minimum atomic E-state index is -2.07. The minimum absolute atomic E-state index is 0.191. The third kappa shape index (κ3) is 1.45. The van der Waals surface area contributed by atoms with Crippen LogP contribution in [-0.4, -0.2) is 18.7 Å². The van der Waals surface area contributed by atoms with E-state index in [2.05, 4.69) is 9.97 Å². The van der Waals surface area contributed by atoms with Crippen molar-refractivity contribution in [1.82, 2.24) is 9.97 Å². The lowest BCUT2D eigenvalue weighted by Crippen LogP contribution is -2.06. The molecule has 14 heavy (non-hydrogen) atoms. The summed E-state index contributed by atoms with van der Waals surface area (Å²) in [7, 11) is 0. The van der Waals surface area contributed by atoms with Crippen molar-refractivity contribution in [2.75, 3.05) is 0 Å². The van der Waals surface area contributed by atoms with Crippen LogP contribution >= 0.6 is 0 Å². The van der Waals surface area contributed by atoms with Crippen molar-refractivity contribution in [3.8, 4) is 0 Å². The maximum atomic E-state index is 11.3. The number of nitrogens with zero attached hydrogens (tertiary/aromatic N) is 1. The van der Waals surface area contributed by atoms with Crippen molar-refractivity contribution < 1.29 is 8.76 Å². The largest absolute Gasteiger partial charge is 0.313 e. The van der Waals surface area contributed by atoms with Crippen LogP contribution in [0.4, 0.5) is 0 Å². The van der Waals surface area contributed by atoms with Gasteiger partial charge in [0.2, 0.25) is 0 Å². The SMILES string of the molecule is O=c1[nH]cnc2ccc(S(=O)O)cc12. The molecule has 0 saturated carbocycles. The fraction of sp³-hybridized carbons (Fsp3) is 0. The molecule has 2 rings (SSSR count). The Morgan fingerprint density at radius 1 is 1.43 bits per heavy atom. The molecule has 1 heterocycles. The van der Waals surface area contributed by atoms with Crippen LogP contribution in [0.2, 0.25) is 0 Å². The van der Waals surface area contributed by atoms with Crippen LogP contribution in [0.25, 0.3) is 10.9 Å². The molecular formula is C8H6N2O3S. The Kier molecular flexibility index (Phi) is 2.14. The van der Waals surface area contributed by atoms with Gasteiger partial charge in [-0.15, -0.1) is 0 Å². The zero-order valence-electron chi connectivity index (χ0n) is 6.93. The fourth-order valence-corrected chi connectivity index (χ4v) is 1.56. The van der Waals surface area contributed by atoms with Gasteiger partial charge in [-0.05, 0) is 18.2 Å². The van der Waals surface area contributed by atoms with E-state index in [9.17, 15) is 9.00 Å². The Morgan fingerprint density at radius 3 is 2.93 bits per heavy atom. The normalized spacial score (nSPS) is 12.9. The predicted octanol–water partition coefficient (Wildman–Crippen LogP) is 0.504. The average molecular weight is 210 g/mol. The highest BCUT2D eigenvalue weighted by molar-refractivity contribution is 7.79. The maximum Gasteiger partial charge on any atom is 0.258 e. The van der Waals surface area contributed by atoms with Crippen LogP contribution in [0.5, 0.6) is 0 Å². The van der Waals surface area contributed by atoms with Gasteiger partial charge in [-0.25, -0.2) is 9.19 Å². The minimum Gasteiger partial charge on any atom is -0.313 e. The van der Waals surface area contributed by atoms with Gasteiger partial charge in [-0.3, -0.25) is 4.79 Å².